The number of aromatic nitrogens is 1. The molecule has 128 valence electrons. The van der Waals surface area contributed by atoms with Gasteiger partial charge in [-0.2, -0.15) is 5.10 Å². The van der Waals surface area contributed by atoms with Crippen LogP contribution in [-0.4, -0.2) is 35.1 Å². The van der Waals surface area contributed by atoms with E-state index in [2.05, 4.69) is 54.2 Å². The van der Waals surface area contributed by atoms with Crippen LogP contribution in [0.4, 0.5) is 0 Å². The van der Waals surface area contributed by atoms with Gasteiger partial charge in [0.1, 0.15) is 0 Å². The van der Waals surface area contributed by atoms with Gasteiger partial charge in [-0.05, 0) is 50.9 Å². The van der Waals surface area contributed by atoms with Crippen molar-refractivity contribution in [3.8, 4) is 0 Å². The molecule has 0 aliphatic carbocycles. The van der Waals surface area contributed by atoms with E-state index in [1.165, 1.54) is 11.4 Å². The maximum atomic E-state index is 5.55. The number of ether oxygens (including phenoxy) is 1. The van der Waals surface area contributed by atoms with Crippen molar-refractivity contribution >= 4 is 23.5 Å². The van der Waals surface area contributed by atoms with E-state index in [4.69, 9.17) is 17.0 Å². The summed E-state index contributed by atoms with van der Waals surface area (Å²) in [6.45, 7) is 11.3. The molecule has 2 rings (SSSR count). The molecule has 1 aliphatic rings. The van der Waals surface area contributed by atoms with Crippen molar-refractivity contribution in [3.05, 3.63) is 23.0 Å². The van der Waals surface area contributed by atoms with Gasteiger partial charge in [-0.3, -0.25) is 5.43 Å². The minimum absolute atomic E-state index is 0.272. The molecule has 1 saturated heterocycles. The molecular weight excluding hydrogens is 308 g/mol. The fraction of sp³-hybridized carbons (Fsp3) is 0.647. The monoisotopic (exact) mass is 336 g/mol. The molecule has 0 bridgehead atoms. The number of hydrogen-bond acceptors (Lipinski definition) is 3. The van der Waals surface area contributed by atoms with Crippen molar-refractivity contribution in [1.82, 2.24) is 15.3 Å². The van der Waals surface area contributed by atoms with Crippen molar-refractivity contribution in [2.24, 2.45) is 11.0 Å². The number of aryl methyl sites for hydroxylation is 1. The SMILES string of the molecule is Cc1cc(/C=N/NC(=S)NCC2CCCO2)c(C)n1CC(C)C. The molecule has 5 nitrogen and oxygen atoms in total. The second-order valence-electron chi connectivity index (χ2n) is 6.55. The molecule has 23 heavy (non-hydrogen) atoms. The Bertz CT molecular complexity index is 559. The van der Waals surface area contributed by atoms with Gasteiger partial charge >= 0.3 is 0 Å². The average molecular weight is 337 g/mol. The highest BCUT2D eigenvalue weighted by molar-refractivity contribution is 7.80. The molecule has 2 N–H and O–H groups in total. The van der Waals surface area contributed by atoms with Crippen molar-refractivity contribution in [2.45, 2.75) is 53.2 Å². The van der Waals surface area contributed by atoms with E-state index in [1.54, 1.807) is 0 Å². The Morgan fingerprint density at radius 2 is 2.30 bits per heavy atom. The van der Waals surface area contributed by atoms with E-state index in [0.29, 0.717) is 11.0 Å². The summed E-state index contributed by atoms with van der Waals surface area (Å²) in [6, 6.07) is 2.16. The van der Waals surface area contributed by atoms with Gasteiger partial charge < -0.3 is 14.6 Å². The molecule has 2 heterocycles. The van der Waals surface area contributed by atoms with Gasteiger partial charge in [0.05, 0.1) is 12.3 Å². The van der Waals surface area contributed by atoms with Gasteiger partial charge in [0.25, 0.3) is 0 Å². The molecule has 1 atom stereocenters. The van der Waals surface area contributed by atoms with Crippen LogP contribution in [0.3, 0.4) is 0 Å². The van der Waals surface area contributed by atoms with Crippen LogP contribution >= 0.6 is 12.2 Å². The summed E-state index contributed by atoms with van der Waals surface area (Å²) in [7, 11) is 0. The fourth-order valence-electron chi connectivity index (χ4n) is 2.82. The first-order chi connectivity index (χ1) is 11.0. The van der Waals surface area contributed by atoms with Crippen molar-refractivity contribution in [2.75, 3.05) is 13.2 Å². The number of thiocarbonyl (C=S) groups is 1. The zero-order valence-corrected chi connectivity index (χ0v) is 15.4. The highest BCUT2D eigenvalue weighted by atomic mass is 32.1. The first kappa shape index (κ1) is 17.9. The number of hydrazone groups is 1. The van der Waals surface area contributed by atoms with Crippen molar-refractivity contribution in [1.29, 1.82) is 0 Å². The van der Waals surface area contributed by atoms with E-state index >= 15 is 0 Å². The third kappa shape index (κ3) is 5.32. The first-order valence-corrected chi connectivity index (χ1v) is 8.73. The van der Waals surface area contributed by atoms with Gasteiger partial charge in [-0.25, -0.2) is 0 Å². The van der Waals surface area contributed by atoms with E-state index < -0.39 is 0 Å². The molecule has 0 spiro atoms. The molecule has 6 heteroatoms. The predicted octanol–water partition coefficient (Wildman–Crippen LogP) is 2.74. The Kier molecular flexibility index (Phi) is 6.59. The summed E-state index contributed by atoms with van der Waals surface area (Å²) in [4.78, 5) is 0. The molecule has 1 unspecified atom stereocenters. The van der Waals surface area contributed by atoms with Gasteiger partial charge in [-0.15, -0.1) is 0 Å². The Hall–Kier alpha value is -1.40. The first-order valence-electron chi connectivity index (χ1n) is 8.32. The number of hydrogen-bond donors (Lipinski definition) is 2. The topological polar surface area (TPSA) is 50.6 Å². The maximum absolute atomic E-state index is 5.55. The lowest BCUT2D eigenvalue weighted by molar-refractivity contribution is 0.114. The number of rotatable bonds is 6. The summed E-state index contributed by atoms with van der Waals surface area (Å²) in [5.41, 5.74) is 6.50. The Balaban J connectivity index is 1.83. The molecule has 1 aliphatic heterocycles. The summed E-state index contributed by atoms with van der Waals surface area (Å²) in [6.07, 6.45) is 4.34. The van der Waals surface area contributed by atoms with Gasteiger partial charge in [0, 0.05) is 36.6 Å². The highest BCUT2D eigenvalue weighted by Crippen LogP contribution is 2.15. The smallest absolute Gasteiger partial charge is 0.187 e. The van der Waals surface area contributed by atoms with Crippen LogP contribution in [0.15, 0.2) is 11.2 Å². The molecule has 0 amide bonds. The van der Waals surface area contributed by atoms with E-state index in [1.807, 2.05) is 6.21 Å². The Labute approximate surface area is 144 Å². The second kappa shape index (κ2) is 8.45. The molecule has 1 aromatic rings. The van der Waals surface area contributed by atoms with Gasteiger partial charge in [0.2, 0.25) is 0 Å². The quantitative estimate of drug-likeness (QED) is 0.476. The van der Waals surface area contributed by atoms with Crippen LogP contribution in [0.1, 0.15) is 43.6 Å². The van der Waals surface area contributed by atoms with E-state index in [9.17, 15) is 0 Å². The zero-order valence-electron chi connectivity index (χ0n) is 14.6. The largest absolute Gasteiger partial charge is 0.376 e. The molecule has 0 radical (unpaired) electrons. The van der Waals surface area contributed by atoms with Crippen LogP contribution in [-0.2, 0) is 11.3 Å². The fourth-order valence-corrected chi connectivity index (χ4v) is 2.95. The molecule has 0 aromatic carbocycles. The lowest BCUT2D eigenvalue weighted by atomic mass is 10.2. The standard InChI is InChI=1S/C17H28N4OS/c1-12(2)11-21-13(3)8-15(14(21)4)9-19-20-17(23)18-10-16-6-5-7-22-16/h8-9,12,16H,5-7,10-11H2,1-4H3,(H2,18,20,23)/b19-9+. The predicted molar refractivity (Wildman–Crippen MR) is 99.0 cm³/mol. The van der Waals surface area contributed by atoms with Crippen molar-refractivity contribution in [3.63, 3.8) is 0 Å². The van der Waals surface area contributed by atoms with Gasteiger partial charge in [-0.1, -0.05) is 13.8 Å². The molecule has 1 fully saturated rings. The summed E-state index contributed by atoms with van der Waals surface area (Å²) in [5.74, 6) is 0.622. The molecule has 1 aromatic heterocycles. The summed E-state index contributed by atoms with van der Waals surface area (Å²) < 4.78 is 7.88. The van der Waals surface area contributed by atoms with Crippen LogP contribution in [0.5, 0.6) is 0 Å². The lowest BCUT2D eigenvalue weighted by Gasteiger charge is -2.12. The zero-order chi connectivity index (χ0) is 16.8. The number of nitrogens with one attached hydrogen (secondary N) is 2. The minimum atomic E-state index is 0.272. The Morgan fingerprint density at radius 3 is 2.96 bits per heavy atom. The number of nitrogens with zero attached hydrogens (tertiary/aromatic N) is 2. The van der Waals surface area contributed by atoms with Crippen LogP contribution in [0.2, 0.25) is 0 Å². The lowest BCUT2D eigenvalue weighted by Crippen LogP contribution is -2.37. The van der Waals surface area contributed by atoms with Crippen LogP contribution in [0, 0.1) is 19.8 Å². The van der Waals surface area contributed by atoms with Crippen molar-refractivity contribution < 1.29 is 4.74 Å². The summed E-state index contributed by atoms with van der Waals surface area (Å²) >= 11 is 5.23. The van der Waals surface area contributed by atoms with Crippen LogP contribution < -0.4 is 10.7 Å². The van der Waals surface area contributed by atoms with Crippen LogP contribution in [0.25, 0.3) is 0 Å². The maximum Gasteiger partial charge on any atom is 0.187 e. The second-order valence-corrected chi connectivity index (χ2v) is 6.95. The van der Waals surface area contributed by atoms with Gasteiger partial charge in [0.15, 0.2) is 5.11 Å². The molecular formula is C17H28N4OS. The normalized spacial score (nSPS) is 18.0. The third-order valence-electron chi connectivity index (χ3n) is 4.04. The third-order valence-corrected chi connectivity index (χ3v) is 4.28. The van der Waals surface area contributed by atoms with E-state index in [0.717, 1.165) is 38.1 Å². The summed E-state index contributed by atoms with van der Waals surface area (Å²) in [5, 5.41) is 7.93. The van der Waals surface area contributed by atoms with E-state index in [-0.39, 0.29) is 6.10 Å². The highest BCUT2D eigenvalue weighted by Gasteiger charge is 2.15. The molecule has 0 saturated carbocycles. The minimum Gasteiger partial charge on any atom is -0.376 e. The average Bonchev–Trinajstić information content (AvgIpc) is 3.09. The Morgan fingerprint density at radius 1 is 1.52 bits per heavy atom.